The van der Waals surface area contributed by atoms with E-state index in [2.05, 4.69) is 18.6 Å². The molecule has 1 heterocycles. The first-order chi connectivity index (χ1) is 12.6. The number of ether oxygens (including phenoxy) is 1. The molecule has 2 rings (SSSR count). The molecule has 0 saturated carbocycles. The van der Waals surface area contributed by atoms with Crippen molar-refractivity contribution in [2.75, 3.05) is 26.3 Å². The third kappa shape index (κ3) is 6.25. The van der Waals surface area contributed by atoms with E-state index in [1.807, 2.05) is 6.92 Å². The maximum atomic E-state index is 12.6. The average molecular weight is 419 g/mol. The third-order valence-corrected chi connectivity index (χ3v) is 8.04. The number of morpholine rings is 1. The predicted octanol–water partition coefficient (Wildman–Crippen LogP) is 2.20. The lowest BCUT2D eigenvalue weighted by Gasteiger charge is -2.26. The quantitative estimate of drug-likeness (QED) is 0.664. The zero-order valence-electron chi connectivity index (χ0n) is 16.2. The SMILES string of the molecule is CC(C)CCC[C@H](C)NS(=O)(=O)c1ccc(S(=O)(=O)N2CCOCC2)cc1. The third-order valence-electron chi connectivity index (χ3n) is 4.52. The molecule has 1 aliphatic rings. The summed E-state index contributed by atoms with van der Waals surface area (Å²) in [5.41, 5.74) is 0. The van der Waals surface area contributed by atoms with Gasteiger partial charge in [0.05, 0.1) is 23.0 Å². The predicted molar refractivity (Wildman–Crippen MR) is 104 cm³/mol. The van der Waals surface area contributed by atoms with E-state index >= 15 is 0 Å². The van der Waals surface area contributed by atoms with Crippen LogP contribution in [0.2, 0.25) is 0 Å². The summed E-state index contributed by atoms with van der Waals surface area (Å²) in [6.07, 6.45) is 2.78. The number of nitrogens with zero attached hydrogens (tertiary/aromatic N) is 1. The van der Waals surface area contributed by atoms with Gasteiger partial charge < -0.3 is 4.74 Å². The second-order valence-electron chi connectivity index (χ2n) is 7.33. The zero-order chi connectivity index (χ0) is 20.1. The van der Waals surface area contributed by atoms with Crippen molar-refractivity contribution in [1.82, 2.24) is 9.03 Å². The fourth-order valence-corrected chi connectivity index (χ4v) is 5.64. The molecule has 1 fully saturated rings. The fraction of sp³-hybridized carbons (Fsp3) is 0.667. The number of rotatable bonds is 9. The highest BCUT2D eigenvalue weighted by Gasteiger charge is 2.27. The Morgan fingerprint density at radius 1 is 0.963 bits per heavy atom. The summed E-state index contributed by atoms with van der Waals surface area (Å²) in [5.74, 6) is 0.592. The Hall–Kier alpha value is -1.00. The van der Waals surface area contributed by atoms with Crippen LogP contribution in [0.15, 0.2) is 34.1 Å². The molecule has 1 N–H and O–H groups in total. The van der Waals surface area contributed by atoms with Crippen LogP contribution >= 0.6 is 0 Å². The summed E-state index contributed by atoms with van der Waals surface area (Å²) in [6, 6.07) is 5.21. The molecular weight excluding hydrogens is 388 g/mol. The second-order valence-corrected chi connectivity index (χ2v) is 11.0. The molecule has 0 aliphatic carbocycles. The topological polar surface area (TPSA) is 92.8 Å². The molecular formula is C18H30N2O5S2. The summed E-state index contributed by atoms with van der Waals surface area (Å²) in [7, 11) is -7.31. The first-order valence-corrected chi connectivity index (χ1v) is 12.3. The van der Waals surface area contributed by atoms with Gasteiger partial charge in [-0.3, -0.25) is 0 Å². The Labute approximate surface area is 163 Å². The lowest BCUT2D eigenvalue weighted by molar-refractivity contribution is 0.0730. The fourth-order valence-electron chi connectivity index (χ4n) is 2.95. The largest absolute Gasteiger partial charge is 0.379 e. The van der Waals surface area contributed by atoms with Gasteiger partial charge in [-0.2, -0.15) is 4.31 Å². The van der Waals surface area contributed by atoms with Crippen LogP contribution in [0.3, 0.4) is 0 Å². The minimum Gasteiger partial charge on any atom is -0.379 e. The van der Waals surface area contributed by atoms with Crippen molar-refractivity contribution < 1.29 is 21.6 Å². The molecule has 1 atom stereocenters. The Balaban J connectivity index is 2.04. The molecule has 0 unspecified atom stereocenters. The van der Waals surface area contributed by atoms with Crippen LogP contribution in [0.5, 0.6) is 0 Å². The molecule has 1 aromatic carbocycles. The molecule has 0 spiro atoms. The average Bonchev–Trinajstić information content (AvgIpc) is 2.62. The molecule has 1 saturated heterocycles. The van der Waals surface area contributed by atoms with Gasteiger partial charge in [0.25, 0.3) is 0 Å². The molecule has 7 nitrogen and oxygen atoms in total. The van der Waals surface area contributed by atoms with Gasteiger partial charge in [-0.1, -0.05) is 26.7 Å². The highest BCUT2D eigenvalue weighted by molar-refractivity contribution is 7.89. The number of sulfonamides is 2. The number of nitrogens with one attached hydrogen (secondary N) is 1. The lowest BCUT2D eigenvalue weighted by Crippen LogP contribution is -2.40. The van der Waals surface area contributed by atoms with Crippen LogP contribution in [0.4, 0.5) is 0 Å². The van der Waals surface area contributed by atoms with E-state index in [0.29, 0.717) is 32.2 Å². The Morgan fingerprint density at radius 2 is 1.52 bits per heavy atom. The zero-order valence-corrected chi connectivity index (χ0v) is 17.9. The maximum absolute atomic E-state index is 12.6. The summed E-state index contributed by atoms with van der Waals surface area (Å²) in [5, 5.41) is 0. The van der Waals surface area contributed by atoms with E-state index in [-0.39, 0.29) is 15.8 Å². The molecule has 0 aromatic heterocycles. The van der Waals surface area contributed by atoms with Crippen molar-refractivity contribution >= 4 is 20.0 Å². The minimum atomic E-state index is -3.68. The van der Waals surface area contributed by atoms with Crippen molar-refractivity contribution in [2.24, 2.45) is 5.92 Å². The van der Waals surface area contributed by atoms with E-state index in [9.17, 15) is 16.8 Å². The lowest BCUT2D eigenvalue weighted by atomic mass is 10.0. The monoisotopic (exact) mass is 418 g/mol. The minimum absolute atomic E-state index is 0.0686. The standard InChI is InChI=1S/C18H30N2O5S2/c1-15(2)5-4-6-16(3)19-26(21,22)17-7-9-18(10-8-17)27(23,24)20-11-13-25-14-12-20/h7-10,15-16,19H,4-6,11-14H2,1-3H3/t16-/m0/s1. The van der Waals surface area contributed by atoms with E-state index in [1.165, 1.54) is 28.6 Å². The summed E-state index contributed by atoms with van der Waals surface area (Å²) < 4.78 is 59.4. The highest BCUT2D eigenvalue weighted by atomic mass is 32.2. The maximum Gasteiger partial charge on any atom is 0.243 e. The van der Waals surface area contributed by atoms with Gasteiger partial charge >= 0.3 is 0 Å². The Kier molecular flexibility index (Phi) is 7.82. The van der Waals surface area contributed by atoms with Crippen LogP contribution in [-0.4, -0.2) is 53.5 Å². The van der Waals surface area contributed by atoms with Crippen molar-refractivity contribution in [2.45, 2.75) is 55.9 Å². The summed E-state index contributed by atoms with van der Waals surface area (Å²) in [6.45, 7) is 7.46. The van der Waals surface area contributed by atoms with Gasteiger partial charge in [-0.25, -0.2) is 21.6 Å². The molecule has 154 valence electrons. The van der Waals surface area contributed by atoms with Crippen LogP contribution < -0.4 is 4.72 Å². The first-order valence-electron chi connectivity index (χ1n) is 9.33. The van der Waals surface area contributed by atoms with Gasteiger partial charge in [-0.05, 0) is 43.5 Å². The van der Waals surface area contributed by atoms with Crippen molar-refractivity contribution in [1.29, 1.82) is 0 Å². The Bertz CT molecular complexity index is 799. The van der Waals surface area contributed by atoms with Crippen molar-refractivity contribution in [3.63, 3.8) is 0 Å². The molecule has 0 bridgehead atoms. The van der Waals surface area contributed by atoms with E-state index < -0.39 is 20.0 Å². The van der Waals surface area contributed by atoms with Crippen molar-refractivity contribution in [3.8, 4) is 0 Å². The van der Waals surface area contributed by atoms with E-state index in [1.54, 1.807) is 0 Å². The molecule has 9 heteroatoms. The van der Waals surface area contributed by atoms with Crippen LogP contribution in [0, 0.1) is 5.92 Å². The first kappa shape index (κ1) is 22.3. The van der Waals surface area contributed by atoms with Gasteiger partial charge in [0.1, 0.15) is 0 Å². The molecule has 0 amide bonds. The van der Waals surface area contributed by atoms with Gasteiger partial charge in [0, 0.05) is 19.1 Å². The summed E-state index contributed by atoms with van der Waals surface area (Å²) in [4.78, 5) is 0.160. The number of hydrogen-bond donors (Lipinski definition) is 1. The number of benzene rings is 1. The summed E-state index contributed by atoms with van der Waals surface area (Å²) >= 11 is 0. The van der Waals surface area contributed by atoms with Crippen LogP contribution in [0.1, 0.15) is 40.0 Å². The highest BCUT2D eigenvalue weighted by Crippen LogP contribution is 2.20. The van der Waals surface area contributed by atoms with E-state index in [0.717, 1.165) is 19.3 Å². The van der Waals surface area contributed by atoms with Crippen LogP contribution in [0.25, 0.3) is 0 Å². The van der Waals surface area contributed by atoms with Gasteiger partial charge in [0.2, 0.25) is 20.0 Å². The Morgan fingerprint density at radius 3 is 2.07 bits per heavy atom. The number of hydrogen-bond acceptors (Lipinski definition) is 5. The van der Waals surface area contributed by atoms with Gasteiger partial charge in [0.15, 0.2) is 0 Å². The molecule has 0 radical (unpaired) electrons. The normalized spacial score (nSPS) is 17.9. The second kappa shape index (κ2) is 9.47. The van der Waals surface area contributed by atoms with Crippen molar-refractivity contribution in [3.05, 3.63) is 24.3 Å². The van der Waals surface area contributed by atoms with Gasteiger partial charge in [-0.15, -0.1) is 0 Å². The molecule has 1 aliphatic heterocycles. The molecule has 1 aromatic rings. The van der Waals surface area contributed by atoms with E-state index in [4.69, 9.17) is 4.74 Å². The molecule has 27 heavy (non-hydrogen) atoms. The van der Waals surface area contributed by atoms with Crippen LogP contribution in [-0.2, 0) is 24.8 Å². The smallest absolute Gasteiger partial charge is 0.243 e.